The number of benzene rings is 1. The van der Waals surface area contributed by atoms with E-state index in [0.29, 0.717) is 6.42 Å². The van der Waals surface area contributed by atoms with Crippen molar-refractivity contribution in [3.63, 3.8) is 0 Å². The van der Waals surface area contributed by atoms with Gasteiger partial charge in [-0.3, -0.25) is 4.79 Å². The number of H-pyrrole nitrogens is 1. The second-order valence-corrected chi connectivity index (χ2v) is 2.99. The molecular weight excluding hydrogens is 166 g/mol. The summed E-state index contributed by atoms with van der Waals surface area (Å²) in [7, 11) is 0. The molecule has 0 unspecified atom stereocenters. The Morgan fingerprint density at radius 1 is 1.46 bits per heavy atom. The minimum Gasteiger partial charge on any atom is -0.300 e. The van der Waals surface area contributed by atoms with Crippen molar-refractivity contribution in [1.29, 1.82) is 0 Å². The van der Waals surface area contributed by atoms with E-state index in [2.05, 4.69) is 15.4 Å². The number of nitrogens with zero attached hydrogens (tertiary/aromatic N) is 2. The third kappa shape index (κ3) is 1.42. The molecule has 1 heterocycles. The van der Waals surface area contributed by atoms with Gasteiger partial charge in [0.05, 0.1) is 0 Å². The number of aromatic nitrogens is 3. The third-order valence-electron chi connectivity index (χ3n) is 1.87. The third-order valence-corrected chi connectivity index (χ3v) is 1.87. The molecule has 1 aromatic heterocycles. The van der Waals surface area contributed by atoms with Crippen LogP contribution in [0, 0.1) is 0 Å². The Bertz CT molecular complexity index is 447. The molecule has 0 saturated heterocycles. The molecule has 0 aliphatic heterocycles. The van der Waals surface area contributed by atoms with Gasteiger partial charge >= 0.3 is 0 Å². The summed E-state index contributed by atoms with van der Waals surface area (Å²) < 4.78 is 0. The van der Waals surface area contributed by atoms with Crippen molar-refractivity contribution in [2.24, 2.45) is 0 Å². The molecule has 0 spiro atoms. The van der Waals surface area contributed by atoms with E-state index in [1.807, 2.05) is 18.2 Å². The van der Waals surface area contributed by atoms with Gasteiger partial charge in [-0.25, -0.2) is 0 Å². The van der Waals surface area contributed by atoms with Crippen molar-refractivity contribution in [3.8, 4) is 0 Å². The molecule has 0 aliphatic carbocycles. The van der Waals surface area contributed by atoms with Gasteiger partial charge in [-0.1, -0.05) is 12.1 Å². The molecule has 0 saturated carbocycles. The molecule has 0 radical (unpaired) electrons. The lowest BCUT2D eigenvalue weighted by Crippen LogP contribution is -1.96. The van der Waals surface area contributed by atoms with Gasteiger partial charge < -0.3 is 0 Å². The van der Waals surface area contributed by atoms with Crippen LogP contribution in [-0.4, -0.2) is 21.2 Å². The second-order valence-electron chi connectivity index (χ2n) is 2.99. The number of carbonyl (C=O) groups excluding carboxylic acids is 1. The average Bonchev–Trinajstić information content (AvgIpc) is 2.51. The van der Waals surface area contributed by atoms with Crippen LogP contribution in [0.4, 0.5) is 0 Å². The molecule has 1 N–H and O–H groups in total. The molecule has 1 aromatic carbocycles. The zero-order chi connectivity index (χ0) is 9.26. The van der Waals surface area contributed by atoms with E-state index in [0.717, 1.165) is 16.6 Å². The van der Waals surface area contributed by atoms with Crippen molar-refractivity contribution < 1.29 is 4.79 Å². The van der Waals surface area contributed by atoms with Crippen LogP contribution in [-0.2, 0) is 11.2 Å². The van der Waals surface area contributed by atoms with Crippen molar-refractivity contribution in [2.45, 2.75) is 13.3 Å². The van der Waals surface area contributed by atoms with Crippen LogP contribution >= 0.6 is 0 Å². The molecule has 0 fully saturated rings. The van der Waals surface area contributed by atoms with Crippen LogP contribution in [0.1, 0.15) is 12.5 Å². The lowest BCUT2D eigenvalue weighted by atomic mass is 10.1. The number of rotatable bonds is 2. The highest BCUT2D eigenvalue weighted by Gasteiger charge is 2.05. The van der Waals surface area contributed by atoms with E-state index < -0.39 is 0 Å². The maximum Gasteiger partial charge on any atom is 0.134 e. The van der Waals surface area contributed by atoms with Gasteiger partial charge in [0.25, 0.3) is 0 Å². The van der Waals surface area contributed by atoms with Crippen LogP contribution < -0.4 is 0 Å². The molecule has 13 heavy (non-hydrogen) atoms. The monoisotopic (exact) mass is 175 g/mol. The lowest BCUT2D eigenvalue weighted by Gasteiger charge is -1.96. The van der Waals surface area contributed by atoms with Crippen LogP contribution in [0.15, 0.2) is 18.2 Å². The molecule has 2 rings (SSSR count). The fourth-order valence-electron chi connectivity index (χ4n) is 1.34. The van der Waals surface area contributed by atoms with E-state index in [-0.39, 0.29) is 5.78 Å². The Hall–Kier alpha value is -1.71. The fraction of sp³-hybridized carbons (Fsp3) is 0.222. The zero-order valence-corrected chi connectivity index (χ0v) is 7.24. The van der Waals surface area contributed by atoms with Crippen molar-refractivity contribution in [3.05, 3.63) is 23.8 Å². The smallest absolute Gasteiger partial charge is 0.134 e. The fourth-order valence-corrected chi connectivity index (χ4v) is 1.34. The summed E-state index contributed by atoms with van der Waals surface area (Å²) in [6.07, 6.45) is 0.421. The molecule has 0 atom stereocenters. The molecule has 66 valence electrons. The van der Waals surface area contributed by atoms with Crippen LogP contribution in [0.2, 0.25) is 0 Å². The number of Topliss-reactive ketones (excluding diaryl/α,β-unsaturated/α-hetero) is 1. The average molecular weight is 175 g/mol. The van der Waals surface area contributed by atoms with Gasteiger partial charge in [0, 0.05) is 6.42 Å². The van der Waals surface area contributed by atoms with Gasteiger partial charge in [-0.2, -0.15) is 15.4 Å². The first-order valence-electron chi connectivity index (χ1n) is 4.05. The van der Waals surface area contributed by atoms with E-state index in [9.17, 15) is 4.79 Å². The number of hydrogen-bond acceptors (Lipinski definition) is 3. The first kappa shape index (κ1) is 7.91. The van der Waals surface area contributed by atoms with Gasteiger partial charge in [0.15, 0.2) is 0 Å². The molecule has 0 bridgehead atoms. The quantitative estimate of drug-likeness (QED) is 0.743. The minimum absolute atomic E-state index is 0.135. The highest BCUT2D eigenvalue weighted by atomic mass is 16.1. The SMILES string of the molecule is CC(=O)Cc1cccc2n[nH]nc12. The number of hydrogen-bond donors (Lipinski definition) is 1. The summed E-state index contributed by atoms with van der Waals surface area (Å²) in [5.74, 6) is 0.135. The number of nitrogens with one attached hydrogen (secondary N) is 1. The van der Waals surface area contributed by atoms with Gasteiger partial charge in [0.2, 0.25) is 0 Å². The summed E-state index contributed by atoms with van der Waals surface area (Å²) in [5, 5.41) is 10.5. The van der Waals surface area contributed by atoms with Crippen LogP contribution in [0.3, 0.4) is 0 Å². The Labute approximate surface area is 75.0 Å². The zero-order valence-electron chi connectivity index (χ0n) is 7.24. The molecule has 0 aliphatic rings. The summed E-state index contributed by atoms with van der Waals surface area (Å²) in [4.78, 5) is 10.9. The Kier molecular flexibility index (Phi) is 1.81. The van der Waals surface area contributed by atoms with E-state index in [1.165, 1.54) is 0 Å². The van der Waals surface area contributed by atoms with E-state index >= 15 is 0 Å². The maximum atomic E-state index is 10.9. The van der Waals surface area contributed by atoms with Crippen molar-refractivity contribution in [2.75, 3.05) is 0 Å². The van der Waals surface area contributed by atoms with Crippen molar-refractivity contribution in [1.82, 2.24) is 15.4 Å². The normalized spacial score (nSPS) is 10.5. The number of para-hydroxylation sites is 1. The molecule has 4 nitrogen and oxygen atoms in total. The minimum atomic E-state index is 0.135. The summed E-state index contributed by atoms with van der Waals surface area (Å²) in [5.41, 5.74) is 2.52. The van der Waals surface area contributed by atoms with Crippen LogP contribution in [0.5, 0.6) is 0 Å². The van der Waals surface area contributed by atoms with Gasteiger partial charge in [-0.15, -0.1) is 0 Å². The number of fused-ring (bicyclic) bond motifs is 1. The highest BCUT2D eigenvalue weighted by Crippen LogP contribution is 2.13. The largest absolute Gasteiger partial charge is 0.300 e. The number of aromatic amines is 1. The Morgan fingerprint density at radius 3 is 3.08 bits per heavy atom. The molecule has 2 aromatic rings. The standard InChI is InChI=1S/C9H9N3O/c1-6(13)5-7-3-2-4-8-9(7)11-12-10-8/h2-4H,5H2,1H3,(H,10,11,12). The number of ketones is 1. The first-order valence-corrected chi connectivity index (χ1v) is 4.05. The predicted molar refractivity (Wildman–Crippen MR) is 48.3 cm³/mol. The molecule has 4 heteroatoms. The topological polar surface area (TPSA) is 58.6 Å². The molecule has 0 amide bonds. The predicted octanol–water partition coefficient (Wildman–Crippen LogP) is 1.09. The summed E-state index contributed by atoms with van der Waals surface area (Å²) in [6.45, 7) is 1.57. The highest BCUT2D eigenvalue weighted by molar-refractivity contribution is 5.85. The van der Waals surface area contributed by atoms with E-state index in [4.69, 9.17) is 0 Å². The van der Waals surface area contributed by atoms with Gasteiger partial charge in [-0.05, 0) is 18.6 Å². The molecular formula is C9H9N3O. The van der Waals surface area contributed by atoms with E-state index in [1.54, 1.807) is 6.92 Å². The second kappa shape index (κ2) is 2.97. The van der Waals surface area contributed by atoms with Gasteiger partial charge in [0.1, 0.15) is 16.8 Å². The number of carbonyl (C=O) groups is 1. The Balaban J connectivity index is 2.54. The van der Waals surface area contributed by atoms with Crippen LogP contribution in [0.25, 0.3) is 11.0 Å². The summed E-state index contributed by atoms with van der Waals surface area (Å²) >= 11 is 0. The van der Waals surface area contributed by atoms with Crippen molar-refractivity contribution >= 4 is 16.8 Å². The lowest BCUT2D eigenvalue weighted by molar-refractivity contribution is -0.116. The first-order chi connectivity index (χ1) is 6.27. The summed E-state index contributed by atoms with van der Waals surface area (Å²) in [6, 6.07) is 5.64. The Morgan fingerprint density at radius 2 is 2.31 bits per heavy atom. The maximum absolute atomic E-state index is 10.9.